The fourth-order valence-electron chi connectivity index (χ4n) is 10.6. The zero-order valence-corrected chi connectivity index (χ0v) is 56.5. The van der Waals surface area contributed by atoms with E-state index in [-0.39, 0.29) is 106 Å². The van der Waals surface area contributed by atoms with E-state index < -0.39 is 113 Å². The molecule has 9 rings (SSSR count). The van der Waals surface area contributed by atoms with E-state index in [2.05, 4.69) is 46.2 Å². The first-order chi connectivity index (χ1) is 47.8. The molecule has 0 spiro atoms. The molecule has 2 aromatic carbocycles. The fraction of sp³-hybridized carbons (Fsp3) is 0.516. The van der Waals surface area contributed by atoms with E-state index in [1.54, 1.807) is 62.4 Å². The third kappa shape index (κ3) is 21.8. The molecular weight excluding hydrogens is 1340 g/mol. The quantitative estimate of drug-likeness (QED) is 0.0200. The molecular formula is C62H79N12O23P2+. The van der Waals surface area contributed by atoms with Crippen molar-refractivity contribution in [2.45, 2.75) is 102 Å². The monoisotopic (exact) mass is 1420 g/mol. The largest absolute Gasteiger partial charge is 0.697 e. The average Bonchev–Trinajstić information content (AvgIpc) is 1.62. The minimum Gasteiger partial charge on any atom is -0.474 e. The number of imidazole rings is 1. The van der Waals surface area contributed by atoms with Crippen molar-refractivity contribution < 1.29 is 104 Å². The summed E-state index contributed by atoms with van der Waals surface area (Å²) in [6, 6.07) is 12.5. The van der Waals surface area contributed by atoms with E-state index in [1.807, 2.05) is 0 Å². The summed E-state index contributed by atoms with van der Waals surface area (Å²) in [6.07, 6.45) is -0.330. The number of aliphatic hydroxyl groups excluding tert-OH is 1. The lowest BCUT2D eigenvalue weighted by molar-refractivity contribution is -0.137. The lowest BCUT2D eigenvalue weighted by atomic mass is 10.0. The molecule has 37 heteroatoms. The number of benzene rings is 2. The molecule has 534 valence electrons. The summed E-state index contributed by atoms with van der Waals surface area (Å²) in [5.41, 5.74) is 0.323. The van der Waals surface area contributed by atoms with Gasteiger partial charge in [-0.25, -0.2) is 19.7 Å². The van der Waals surface area contributed by atoms with E-state index in [1.165, 1.54) is 60.5 Å². The smallest absolute Gasteiger partial charge is 0.474 e. The van der Waals surface area contributed by atoms with Crippen molar-refractivity contribution in [1.82, 2.24) is 49.9 Å². The molecule has 7 amide bonds. The number of carbonyl (C=O) groups is 7. The molecule has 3 aromatic heterocycles. The van der Waals surface area contributed by atoms with E-state index in [4.69, 9.17) is 56.0 Å². The van der Waals surface area contributed by atoms with Gasteiger partial charge in [0.05, 0.1) is 85.5 Å². The van der Waals surface area contributed by atoms with Gasteiger partial charge in [-0.3, -0.25) is 62.4 Å². The summed E-state index contributed by atoms with van der Waals surface area (Å²) in [5.74, 6) is -3.72. The van der Waals surface area contributed by atoms with Gasteiger partial charge in [0.25, 0.3) is 23.3 Å². The first kappa shape index (κ1) is 74.8. The first-order valence-electron chi connectivity index (χ1n) is 31.8. The van der Waals surface area contributed by atoms with Crippen molar-refractivity contribution >= 4 is 80.8 Å². The second kappa shape index (κ2) is 37.1. The number of imide groups is 1. The van der Waals surface area contributed by atoms with Crippen molar-refractivity contribution in [2.75, 3.05) is 104 Å². The second-order valence-electron chi connectivity index (χ2n) is 23.3. The van der Waals surface area contributed by atoms with Crippen LogP contribution in [0.4, 0.5) is 16.4 Å². The van der Waals surface area contributed by atoms with Crippen molar-refractivity contribution in [3.8, 4) is 5.88 Å². The van der Waals surface area contributed by atoms with Gasteiger partial charge in [0.1, 0.15) is 62.1 Å². The molecule has 2 saturated heterocycles. The van der Waals surface area contributed by atoms with Gasteiger partial charge in [-0.05, 0) is 48.6 Å². The molecule has 99 heavy (non-hydrogen) atoms. The fourth-order valence-corrected chi connectivity index (χ4v) is 12.3. The molecule has 4 aliphatic rings. The minimum absolute atomic E-state index is 0.0218. The Morgan fingerprint density at radius 2 is 1.51 bits per heavy atom. The number of hydrogen-bond acceptors (Lipinski definition) is 27. The Labute approximate surface area is 568 Å². The number of aromatic amines is 1. The number of carbonyl (C=O) groups excluding carboxylic acids is 7. The molecule has 1 saturated carbocycles. The Morgan fingerprint density at radius 3 is 2.19 bits per heavy atom. The summed E-state index contributed by atoms with van der Waals surface area (Å²) >= 11 is 0. The zero-order chi connectivity index (χ0) is 70.4. The Morgan fingerprint density at radius 1 is 0.818 bits per heavy atom. The molecule has 2 bridgehead atoms. The van der Waals surface area contributed by atoms with E-state index in [0.717, 1.165) is 4.90 Å². The standard InChI is InChI=1S/C62H78N12O23P2/c1-37(2)51(68-47(75)16-19-86-21-23-88-25-27-90-28-26-89-24-22-87-20-18-73-49(76)13-14-50(73)77)58(81)66-38(3)56(79)67-42-11-9-39(10-12-42)32-91-62(83)72(4)31-40-7-5-6-8-44(40)57(80)70-61-69-55-52(59(82)71-61)65-36-74(55)60-54-53(78)46(95-60)34-93-98(84)96-45-30-43(94-48-15-17-63-35-64-48)29-41(45)33-92-99(85)97-54/h5-15,17,35-38,41,43,45-46,51,53-54,60,78,99H,16,18-34H2,1-4H3,(H4-,66,67,68,69,70,71,75,79,80,81,82)/p+1/t38-,41+,43+,45-,46-,51-,53?,54+,60+/m0/s1. The van der Waals surface area contributed by atoms with Gasteiger partial charge < -0.3 is 68.4 Å². The summed E-state index contributed by atoms with van der Waals surface area (Å²) in [6.45, 7) is 7.06. The predicted octanol–water partition coefficient (Wildman–Crippen LogP) is 2.89. The highest BCUT2D eigenvalue weighted by Crippen LogP contribution is 2.45. The third-order valence-electron chi connectivity index (χ3n) is 15.8. The van der Waals surface area contributed by atoms with Crippen LogP contribution in [-0.2, 0) is 97.5 Å². The van der Waals surface area contributed by atoms with Crippen LogP contribution in [0.3, 0.4) is 0 Å². The maximum Gasteiger partial charge on any atom is 0.697 e. The molecule has 35 nitrogen and oxygen atoms in total. The third-order valence-corrected chi connectivity index (χ3v) is 17.5. The highest BCUT2D eigenvalue weighted by atomic mass is 31.1. The summed E-state index contributed by atoms with van der Waals surface area (Å²) in [5, 5.41) is 22.1. The van der Waals surface area contributed by atoms with Gasteiger partial charge in [0, 0.05) is 72.6 Å². The summed E-state index contributed by atoms with van der Waals surface area (Å²) < 4.78 is 95.7. The number of aliphatic hydroxyl groups is 1. The van der Waals surface area contributed by atoms with Crippen LogP contribution >= 0.6 is 16.5 Å². The van der Waals surface area contributed by atoms with Gasteiger partial charge in [-0.15, -0.1) is 9.05 Å². The Hall–Kier alpha value is -8.41. The number of fused-ring (bicyclic) bond motifs is 4. The minimum atomic E-state index is -3.39. The number of rotatable bonds is 33. The van der Waals surface area contributed by atoms with Crippen molar-refractivity contribution in [3.05, 3.63) is 113 Å². The topological polar surface area (TPSA) is 429 Å². The lowest BCUT2D eigenvalue weighted by Gasteiger charge is -2.24. The van der Waals surface area contributed by atoms with Crippen LogP contribution in [0.5, 0.6) is 5.88 Å². The number of nitrogens with one attached hydrogen (secondary N) is 5. The number of hydrogen-bond donors (Lipinski definition) is 6. The van der Waals surface area contributed by atoms with Crippen LogP contribution in [0.15, 0.2) is 90.4 Å². The van der Waals surface area contributed by atoms with Crippen LogP contribution in [0.25, 0.3) is 11.2 Å². The summed E-state index contributed by atoms with van der Waals surface area (Å²) in [4.78, 5) is 125. The molecule has 1 aliphatic carbocycles. The number of amides is 7. The van der Waals surface area contributed by atoms with Gasteiger partial charge in [-0.2, -0.15) is 4.98 Å². The van der Waals surface area contributed by atoms with Crippen LogP contribution in [0.1, 0.15) is 67.7 Å². The van der Waals surface area contributed by atoms with Crippen molar-refractivity contribution in [1.29, 1.82) is 0 Å². The highest BCUT2D eigenvalue weighted by molar-refractivity contribution is 7.33. The predicted molar refractivity (Wildman–Crippen MR) is 346 cm³/mol. The number of aromatic nitrogens is 6. The molecule has 6 heterocycles. The molecule has 6 N–H and O–H groups in total. The highest BCUT2D eigenvalue weighted by Gasteiger charge is 2.50. The second-order valence-corrected chi connectivity index (χ2v) is 25.3. The number of ether oxygens (including phenoxy) is 8. The zero-order valence-electron chi connectivity index (χ0n) is 54.6. The summed E-state index contributed by atoms with van der Waals surface area (Å²) in [7, 11) is -4.70. The van der Waals surface area contributed by atoms with Gasteiger partial charge in [-0.1, -0.05) is 44.2 Å². The first-order valence-corrected chi connectivity index (χ1v) is 34.1. The van der Waals surface area contributed by atoms with Gasteiger partial charge in [0.15, 0.2) is 17.4 Å². The van der Waals surface area contributed by atoms with Gasteiger partial charge >= 0.3 is 22.6 Å². The number of H-pyrrole nitrogens is 1. The molecule has 11 atom stereocenters. The molecule has 3 unspecified atom stereocenters. The van der Waals surface area contributed by atoms with E-state index in [9.17, 15) is 52.6 Å². The van der Waals surface area contributed by atoms with Gasteiger partial charge in [0.2, 0.25) is 29.5 Å². The SMILES string of the molecule is CC(C)[C@H](NC(=O)CCOCCOCCOCCOCCOCCN1C(=O)C=CC1=O)C(=O)N[C@@H](C)C(=O)Nc1ccc(COC(=O)N(C)Cc2ccccc2C(=O)Nc2nc3c(ncn3[C@@H]3O[C@H]4CO[P+](=O)O[C@H]5C[C@H](Oc6ccncn6)C[C@@H]5CO[PH](=O)O[C@@H]3C4O)c(=O)[nH]2)cc1. The van der Waals surface area contributed by atoms with Crippen molar-refractivity contribution in [2.24, 2.45) is 11.8 Å². The van der Waals surface area contributed by atoms with Crippen LogP contribution in [0.2, 0.25) is 0 Å². The molecule has 3 fully saturated rings. The van der Waals surface area contributed by atoms with E-state index >= 15 is 0 Å². The maximum absolute atomic E-state index is 14.0. The molecule has 5 aromatic rings. The number of anilines is 2. The molecule has 3 aliphatic heterocycles. The normalized spacial score (nSPS) is 21.8. The van der Waals surface area contributed by atoms with Crippen LogP contribution in [-0.4, -0.2) is 221 Å². The number of nitrogens with zero attached hydrogens (tertiary/aromatic N) is 7. The van der Waals surface area contributed by atoms with Crippen LogP contribution < -0.4 is 31.6 Å². The van der Waals surface area contributed by atoms with Crippen molar-refractivity contribution in [3.63, 3.8) is 0 Å². The van der Waals surface area contributed by atoms with Crippen LogP contribution in [0, 0.1) is 11.8 Å². The lowest BCUT2D eigenvalue weighted by Crippen LogP contribution is -2.53. The Kier molecular flexibility index (Phi) is 28.1. The molecule has 0 radical (unpaired) electrons. The Balaban J connectivity index is 0.668. The average molecular weight is 1420 g/mol. The van der Waals surface area contributed by atoms with E-state index in [0.29, 0.717) is 68.8 Å². The Bertz CT molecular complexity index is 3700. The maximum atomic E-state index is 14.0.